The second-order valence-corrected chi connectivity index (χ2v) is 4.68. The molecule has 2 aromatic rings. The summed E-state index contributed by atoms with van der Waals surface area (Å²) in [6.45, 7) is 0. The standard InChI is InChI=1S/C14H11IO2/c1-17-14(16)12-8-3-2-6-10(12)11-7-4-5-9-13(11)15/h2-9H,1H3. The van der Waals surface area contributed by atoms with Gasteiger partial charge >= 0.3 is 5.97 Å². The highest BCUT2D eigenvalue weighted by molar-refractivity contribution is 14.1. The first kappa shape index (κ1) is 12.1. The molecule has 0 spiro atoms. The Morgan fingerprint density at radius 2 is 1.59 bits per heavy atom. The lowest BCUT2D eigenvalue weighted by Crippen LogP contribution is -2.03. The molecule has 0 heterocycles. The normalized spacial score (nSPS) is 10.0. The lowest BCUT2D eigenvalue weighted by atomic mass is 10.00. The predicted octanol–water partition coefficient (Wildman–Crippen LogP) is 3.74. The van der Waals surface area contributed by atoms with Crippen molar-refractivity contribution in [2.75, 3.05) is 7.11 Å². The number of rotatable bonds is 2. The molecule has 0 unspecified atom stereocenters. The van der Waals surface area contributed by atoms with Crippen molar-refractivity contribution < 1.29 is 9.53 Å². The number of carbonyl (C=O) groups is 1. The summed E-state index contributed by atoms with van der Waals surface area (Å²) in [5.74, 6) is -0.305. The van der Waals surface area contributed by atoms with Gasteiger partial charge in [-0.15, -0.1) is 0 Å². The van der Waals surface area contributed by atoms with Crippen LogP contribution in [0.3, 0.4) is 0 Å². The zero-order valence-electron chi connectivity index (χ0n) is 9.31. The number of methoxy groups -OCH3 is 1. The third-order valence-corrected chi connectivity index (χ3v) is 3.44. The average molecular weight is 338 g/mol. The van der Waals surface area contributed by atoms with Crippen LogP contribution in [0.25, 0.3) is 11.1 Å². The zero-order valence-corrected chi connectivity index (χ0v) is 11.5. The van der Waals surface area contributed by atoms with Gasteiger partial charge in [0.1, 0.15) is 0 Å². The van der Waals surface area contributed by atoms with Crippen LogP contribution in [-0.4, -0.2) is 13.1 Å². The Bertz CT molecular complexity index is 549. The van der Waals surface area contributed by atoms with E-state index in [9.17, 15) is 4.79 Å². The minimum absolute atomic E-state index is 0.305. The molecule has 17 heavy (non-hydrogen) atoms. The van der Waals surface area contributed by atoms with E-state index in [1.165, 1.54) is 7.11 Å². The number of halogens is 1. The summed E-state index contributed by atoms with van der Waals surface area (Å²) in [5.41, 5.74) is 2.55. The highest BCUT2D eigenvalue weighted by atomic mass is 127. The van der Waals surface area contributed by atoms with Gasteiger partial charge < -0.3 is 4.74 Å². The van der Waals surface area contributed by atoms with E-state index >= 15 is 0 Å². The van der Waals surface area contributed by atoms with E-state index in [-0.39, 0.29) is 5.97 Å². The highest BCUT2D eigenvalue weighted by Gasteiger charge is 2.13. The Morgan fingerprint density at radius 3 is 2.24 bits per heavy atom. The second kappa shape index (κ2) is 5.31. The molecule has 0 aliphatic rings. The molecular weight excluding hydrogens is 327 g/mol. The number of hydrogen-bond acceptors (Lipinski definition) is 2. The molecule has 2 nitrogen and oxygen atoms in total. The fourth-order valence-corrected chi connectivity index (χ4v) is 2.36. The zero-order chi connectivity index (χ0) is 12.3. The van der Waals surface area contributed by atoms with Gasteiger partial charge in [0.2, 0.25) is 0 Å². The number of benzene rings is 2. The molecule has 0 bridgehead atoms. The maximum Gasteiger partial charge on any atom is 0.338 e. The molecule has 0 radical (unpaired) electrons. The van der Waals surface area contributed by atoms with E-state index in [1.807, 2.05) is 42.5 Å². The first-order valence-corrected chi connectivity index (χ1v) is 6.24. The molecule has 0 aromatic heterocycles. The van der Waals surface area contributed by atoms with Gasteiger partial charge in [-0.25, -0.2) is 4.79 Å². The van der Waals surface area contributed by atoms with Crippen LogP contribution in [0, 0.1) is 3.57 Å². The van der Waals surface area contributed by atoms with Gasteiger partial charge in [-0.2, -0.15) is 0 Å². The van der Waals surface area contributed by atoms with Gasteiger partial charge in [0.15, 0.2) is 0 Å². The van der Waals surface area contributed by atoms with Gasteiger partial charge in [-0.05, 0) is 45.9 Å². The van der Waals surface area contributed by atoms with Crippen LogP contribution in [0.2, 0.25) is 0 Å². The van der Waals surface area contributed by atoms with Crippen molar-refractivity contribution in [3.63, 3.8) is 0 Å². The minimum Gasteiger partial charge on any atom is -0.465 e. The number of esters is 1. The third-order valence-electron chi connectivity index (χ3n) is 2.50. The second-order valence-electron chi connectivity index (χ2n) is 3.52. The van der Waals surface area contributed by atoms with Gasteiger partial charge in [0.05, 0.1) is 12.7 Å². The molecule has 3 heteroatoms. The van der Waals surface area contributed by atoms with Crippen LogP contribution in [-0.2, 0) is 4.74 Å². The smallest absolute Gasteiger partial charge is 0.338 e. The van der Waals surface area contributed by atoms with Crippen molar-refractivity contribution in [3.05, 3.63) is 57.7 Å². The van der Waals surface area contributed by atoms with E-state index in [1.54, 1.807) is 6.07 Å². The van der Waals surface area contributed by atoms with E-state index in [0.717, 1.165) is 14.7 Å². The molecule has 0 amide bonds. The quantitative estimate of drug-likeness (QED) is 0.616. The van der Waals surface area contributed by atoms with Crippen LogP contribution < -0.4 is 0 Å². The molecule has 0 saturated heterocycles. The summed E-state index contributed by atoms with van der Waals surface area (Å²) in [6.07, 6.45) is 0. The molecule has 0 saturated carbocycles. The predicted molar refractivity (Wildman–Crippen MR) is 75.9 cm³/mol. The van der Waals surface area contributed by atoms with Crippen LogP contribution in [0.5, 0.6) is 0 Å². The Morgan fingerprint density at radius 1 is 1.00 bits per heavy atom. The van der Waals surface area contributed by atoms with Crippen molar-refractivity contribution in [2.45, 2.75) is 0 Å². The SMILES string of the molecule is COC(=O)c1ccccc1-c1ccccc1I. The molecular formula is C14H11IO2. The fourth-order valence-electron chi connectivity index (χ4n) is 1.69. The maximum absolute atomic E-state index is 11.7. The molecule has 0 fully saturated rings. The van der Waals surface area contributed by atoms with Crippen molar-refractivity contribution in [3.8, 4) is 11.1 Å². The van der Waals surface area contributed by atoms with Gasteiger partial charge in [-0.1, -0.05) is 36.4 Å². The molecule has 0 aliphatic carbocycles. The summed E-state index contributed by atoms with van der Waals surface area (Å²) < 4.78 is 5.91. The number of carbonyl (C=O) groups excluding carboxylic acids is 1. The van der Waals surface area contributed by atoms with E-state index in [4.69, 9.17) is 4.74 Å². The van der Waals surface area contributed by atoms with E-state index in [2.05, 4.69) is 22.6 Å². The summed E-state index contributed by atoms with van der Waals surface area (Å²) in [6, 6.07) is 15.4. The third kappa shape index (κ3) is 2.49. The van der Waals surface area contributed by atoms with Gasteiger partial charge in [0.25, 0.3) is 0 Å². The lowest BCUT2D eigenvalue weighted by Gasteiger charge is -2.09. The van der Waals surface area contributed by atoms with Crippen molar-refractivity contribution in [1.29, 1.82) is 0 Å². The molecule has 0 atom stereocenters. The van der Waals surface area contributed by atoms with Crippen LogP contribution >= 0.6 is 22.6 Å². The first-order chi connectivity index (χ1) is 8.24. The topological polar surface area (TPSA) is 26.3 Å². The minimum atomic E-state index is -0.305. The molecule has 0 N–H and O–H groups in total. The fraction of sp³-hybridized carbons (Fsp3) is 0.0714. The Hall–Kier alpha value is -1.36. The van der Waals surface area contributed by atoms with Crippen LogP contribution in [0.1, 0.15) is 10.4 Å². The average Bonchev–Trinajstić information content (AvgIpc) is 2.38. The van der Waals surface area contributed by atoms with E-state index in [0.29, 0.717) is 5.56 Å². The monoisotopic (exact) mass is 338 g/mol. The van der Waals surface area contributed by atoms with Crippen molar-refractivity contribution >= 4 is 28.6 Å². The number of ether oxygens (including phenoxy) is 1. The maximum atomic E-state index is 11.7. The largest absolute Gasteiger partial charge is 0.465 e. The highest BCUT2D eigenvalue weighted by Crippen LogP contribution is 2.28. The Labute approximate surface area is 114 Å². The Kier molecular flexibility index (Phi) is 3.78. The van der Waals surface area contributed by atoms with Crippen LogP contribution in [0.15, 0.2) is 48.5 Å². The summed E-state index contributed by atoms with van der Waals surface area (Å²) in [7, 11) is 1.40. The Balaban J connectivity index is 2.60. The van der Waals surface area contributed by atoms with Gasteiger partial charge in [0, 0.05) is 3.57 Å². The van der Waals surface area contributed by atoms with E-state index < -0.39 is 0 Å². The summed E-state index contributed by atoms with van der Waals surface area (Å²) in [4.78, 5) is 11.7. The molecule has 0 aliphatic heterocycles. The first-order valence-electron chi connectivity index (χ1n) is 5.16. The van der Waals surface area contributed by atoms with Crippen LogP contribution in [0.4, 0.5) is 0 Å². The molecule has 2 aromatic carbocycles. The molecule has 2 rings (SSSR count). The van der Waals surface area contributed by atoms with Crippen molar-refractivity contribution in [2.24, 2.45) is 0 Å². The summed E-state index contributed by atoms with van der Waals surface area (Å²) in [5, 5.41) is 0. The lowest BCUT2D eigenvalue weighted by molar-refractivity contribution is 0.0601. The molecule has 86 valence electrons. The number of hydrogen-bond donors (Lipinski definition) is 0. The van der Waals surface area contributed by atoms with Gasteiger partial charge in [-0.3, -0.25) is 0 Å². The summed E-state index contributed by atoms with van der Waals surface area (Å²) >= 11 is 2.26. The van der Waals surface area contributed by atoms with Crippen molar-refractivity contribution in [1.82, 2.24) is 0 Å².